The summed E-state index contributed by atoms with van der Waals surface area (Å²) in [6.45, 7) is 9.32. The minimum Gasteiger partial charge on any atom is -0.478 e. The number of piperidine rings is 1. The largest absolute Gasteiger partial charge is 0.478 e. The Balaban J connectivity index is 1.50. The molecule has 2 heterocycles. The number of nitrogens with one attached hydrogen (secondary N) is 2. The monoisotopic (exact) mass is 592 g/mol. The molecule has 1 fully saturated rings. The van der Waals surface area contributed by atoms with E-state index in [4.69, 9.17) is 5.11 Å². The van der Waals surface area contributed by atoms with Gasteiger partial charge in [0.05, 0.1) is 10.5 Å². The number of sulfonamides is 1. The number of anilines is 1. The molecule has 1 amide bonds. The van der Waals surface area contributed by atoms with Gasteiger partial charge in [-0.2, -0.15) is 4.31 Å². The van der Waals surface area contributed by atoms with Crippen LogP contribution >= 0.6 is 0 Å². The zero-order valence-electron chi connectivity index (χ0n) is 24.6. The lowest BCUT2D eigenvalue weighted by Gasteiger charge is -2.37. The number of pyridine rings is 1. The molecule has 1 aliphatic rings. The number of carboxylic acids is 1. The highest BCUT2D eigenvalue weighted by molar-refractivity contribution is 7.89. The van der Waals surface area contributed by atoms with Crippen LogP contribution in [0.4, 0.5) is 5.82 Å². The van der Waals surface area contributed by atoms with Crippen molar-refractivity contribution in [1.29, 1.82) is 0 Å². The molecule has 0 spiro atoms. The zero-order chi connectivity index (χ0) is 30.4. The first-order valence-corrected chi connectivity index (χ1v) is 15.8. The van der Waals surface area contributed by atoms with Crippen LogP contribution in [0.25, 0.3) is 0 Å². The fraction of sp³-hybridized carbons (Fsp3) is 0.406. The fourth-order valence-electron chi connectivity index (χ4n) is 5.09. The first kappa shape index (κ1) is 31.2. The molecule has 0 unspecified atom stereocenters. The number of amides is 1. The van der Waals surface area contributed by atoms with E-state index in [0.717, 1.165) is 11.1 Å². The summed E-state index contributed by atoms with van der Waals surface area (Å²) in [5.41, 5.74) is 3.29. The Morgan fingerprint density at radius 3 is 2.12 bits per heavy atom. The van der Waals surface area contributed by atoms with Gasteiger partial charge in [0, 0.05) is 25.8 Å². The molecule has 0 bridgehead atoms. The van der Waals surface area contributed by atoms with Gasteiger partial charge in [-0.05, 0) is 71.6 Å². The van der Waals surface area contributed by atoms with E-state index in [9.17, 15) is 18.0 Å². The lowest BCUT2D eigenvalue weighted by Crippen LogP contribution is -2.54. The predicted octanol–water partition coefficient (Wildman–Crippen LogP) is 5.22. The Kier molecular flexibility index (Phi) is 10.0. The number of aromatic carboxylic acids is 1. The maximum Gasteiger partial charge on any atom is 0.337 e. The van der Waals surface area contributed by atoms with Crippen LogP contribution in [0.1, 0.15) is 79.4 Å². The number of nitrogens with zero attached hydrogens (tertiary/aromatic N) is 2. The number of carbonyl (C=O) groups is 2. The van der Waals surface area contributed by atoms with E-state index >= 15 is 0 Å². The lowest BCUT2D eigenvalue weighted by atomic mass is 9.91. The molecule has 2 atom stereocenters. The van der Waals surface area contributed by atoms with Crippen LogP contribution in [-0.2, 0) is 21.4 Å². The molecular formula is C32H40N4O5S. The summed E-state index contributed by atoms with van der Waals surface area (Å²) in [5.74, 6) is -0.189. The van der Waals surface area contributed by atoms with Crippen LogP contribution in [0.3, 0.4) is 0 Å². The van der Waals surface area contributed by atoms with Gasteiger partial charge in [-0.3, -0.25) is 4.79 Å². The highest BCUT2D eigenvalue weighted by Crippen LogP contribution is 2.30. The Labute approximate surface area is 248 Å². The SMILES string of the molecule is CC(C)c1ccc(CNC(=O)[C@H]2C[C@H](CNc3ccc(C(=O)O)cn3)CCN2S(=O)(=O)c2ccc(C(C)C)cc2)cc1. The molecule has 4 rings (SSSR count). The lowest BCUT2D eigenvalue weighted by molar-refractivity contribution is -0.126. The summed E-state index contributed by atoms with van der Waals surface area (Å²) in [6, 6.07) is 17.1. The van der Waals surface area contributed by atoms with Crippen molar-refractivity contribution in [3.8, 4) is 0 Å². The third kappa shape index (κ3) is 7.54. The van der Waals surface area contributed by atoms with Gasteiger partial charge in [0.25, 0.3) is 0 Å². The molecular weight excluding hydrogens is 552 g/mol. The highest BCUT2D eigenvalue weighted by atomic mass is 32.2. The van der Waals surface area contributed by atoms with Crippen molar-refractivity contribution in [2.45, 2.75) is 69.9 Å². The van der Waals surface area contributed by atoms with E-state index in [1.54, 1.807) is 18.2 Å². The van der Waals surface area contributed by atoms with Crippen LogP contribution in [0.5, 0.6) is 0 Å². The second-order valence-corrected chi connectivity index (χ2v) is 13.4. The third-order valence-corrected chi connectivity index (χ3v) is 9.74. The molecule has 224 valence electrons. The molecule has 9 nitrogen and oxygen atoms in total. The van der Waals surface area contributed by atoms with E-state index in [1.165, 1.54) is 22.1 Å². The standard InChI is InChI=1S/C32H40N4O5S/c1-21(2)25-7-5-23(6-8-25)18-35-31(37)29-17-24(19-33-30-14-11-27(20-34-30)32(38)39)15-16-36(29)42(40,41)28-12-9-26(10-13-28)22(3)4/h5-14,20-22,24,29H,15-19H2,1-4H3,(H,33,34)(H,35,37)(H,38,39)/t24-,29-/m1/s1. The second-order valence-electron chi connectivity index (χ2n) is 11.5. The van der Waals surface area contributed by atoms with Gasteiger partial charge >= 0.3 is 5.97 Å². The number of hydrogen-bond donors (Lipinski definition) is 3. The molecule has 1 saturated heterocycles. The van der Waals surface area contributed by atoms with Crippen LogP contribution in [0, 0.1) is 5.92 Å². The number of rotatable bonds is 11. The average Bonchev–Trinajstić information content (AvgIpc) is 2.99. The molecule has 3 N–H and O–H groups in total. The van der Waals surface area contributed by atoms with Gasteiger partial charge in [-0.15, -0.1) is 0 Å². The third-order valence-electron chi connectivity index (χ3n) is 7.81. The number of carbonyl (C=O) groups excluding carboxylic acids is 1. The van der Waals surface area contributed by atoms with Crippen molar-refractivity contribution >= 4 is 27.7 Å². The van der Waals surface area contributed by atoms with Gasteiger partial charge < -0.3 is 15.7 Å². The second kappa shape index (κ2) is 13.5. The van der Waals surface area contributed by atoms with Gasteiger partial charge in [-0.1, -0.05) is 64.1 Å². The number of aromatic nitrogens is 1. The van der Waals surface area contributed by atoms with Crippen LogP contribution < -0.4 is 10.6 Å². The fourth-order valence-corrected chi connectivity index (χ4v) is 6.70. The topological polar surface area (TPSA) is 129 Å². The number of hydrogen-bond acceptors (Lipinski definition) is 6. The first-order valence-electron chi connectivity index (χ1n) is 14.4. The summed E-state index contributed by atoms with van der Waals surface area (Å²) in [5, 5.41) is 15.3. The van der Waals surface area contributed by atoms with Gasteiger partial charge in [0.1, 0.15) is 11.9 Å². The van der Waals surface area contributed by atoms with Crippen molar-refractivity contribution < 1.29 is 23.1 Å². The first-order chi connectivity index (χ1) is 20.0. The van der Waals surface area contributed by atoms with Gasteiger partial charge in [0.2, 0.25) is 15.9 Å². The summed E-state index contributed by atoms with van der Waals surface area (Å²) >= 11 is 0. The normalized spacial score (nSPS) is 17.8. The predicted molar refractivity (Wildman–Crippen MR) is 163 cm³/mol. The Bertz CT molecular complexity index is 1470. The van der Waals surface area contributed by atoms with E-state index in [2.05, 4.69) is 43.3 Å². The molecule has 1 aromatic heterocycles. The Hall–Kier alpha value is -3.76. The van der Waals surface area contributed by atoms with E-state index < -0.39 is 22.0 Å². The summed E-state index contributed by atoms with van der Waals surface area (Å²) in [7, 11) is -3.92. The number of benzene rings is 2. The molecule has 10 heteroatoms. The zero-order valence-corrected chi connectivity index (χ0v) is 25.4. The summed E-state index contributed by atoms with van der Waals surface area (Å²) in [4.78, 5) is 29.0. The Morgan fingerprint density at radius 2 is 1.57 bits per heavy atom. The molecule has 0 saturated carbocycles. The average molecular weight is 593 g/mol. The van der Waals surface area contributed by atoms with Crippen LogP contribution in [0.15, 0.2) is 71.8 Å². The molecule has 2 aromatic carbocycles. The van der Waals surface area contributed by atoms with Crippen LogP contribution in [-0.4, -0.2) is 53.8 Å². The minimum absolute atomic E-state index is 0.00166. The molecule has 0 aliphatic carbocycles. The smallest absolute Gasteiger partial charge is 0.337 e. The molecule has 42 heavy (non-hydrogen) atoms. The van der Waals surface area contributed by atoms with E-state index in [0.29, 0.717) is 37.7 Å². The van der Waals surface area contributed by atoms with E-state index in [-0.39, 0.29) is 34.7 Å². The van der Waals surface area contributed by atoms with Crippen molar-refractivity contribution in [3.05, 3.63) is 89.1 Å². The van der Waals surface area contributed by atoms with Crippen molar-refractivity contribution in [3.63, 3.8) is 0 Å². The quantitative estimate of drug-likeness (QED) is 0.278. The molecule has 0 radical (unpaired) electrons. The van der Waals surface area contributed by atoms with Gasteiger partial charge in [0.15, 0.2) is 0 Å². The highest BCUT2D eigenvalue weighted by Gasteiger charge is 2.40. The van der Waals surface area contributed by atoms with Crippen molar-refractivity contribution in [2.75, 3.05) is 18.4 Å². The van der Waals surface area contributed by atoms with Gasteiger partial charge in [-0.25, -0.2) is 18.2 Å². The van der Waals surface area contributed by atoms with Crippen molar-refractivity contribution in [1.82, 2.24) is 14.6 Å². The molecule has 1 aliphatic heterocycles. The summed E-state index contributed by atoms with van der Waals surface area (Å²) < 4.78 is 28.9. The summed E-state index contributed by atoms with van der Waals surface area (Å²) in [6.07, 6.45) is 2.18. The van der Waals surface area contributed by atoms with Crippen LogP contribution in [0.2, 0.25) is 0 Å². The maximum absolute atomic E-state index is 13.8. The van der Waals surface area contributed by atoms with E-state index in [1.807, 2.05) is 36.4 Å². The maximum atomic E-state index is 13.8. The minimum atomic E-state index is -3.92. The molecule has 3 aromatic rings. The van der Waals surface area contributed by atoms with Crippen molar-refractivity contribution in [2.24, 2.45) is 5.92 Å². The number of carboxylic acid groups (broad SMARTS) is 1. The Morgan fingerprint density at radius 1 is 0.952 bits per heavy atom.